The Bertz CT molecular complexity index is 331. The third-order valence-corrected chi connectivity index (χ3v) is 2.48. The molecular formula is C13H25N3. The summed E-state index contributed by atoms with van der Waals surface area (Å²) in [6, 6.07) is 0. The van der Waals surface area contributed by atoms with Crippen molar-refractivity contribution in [2.75, 3.05) is 5.32 Å². The number of nitrogens with one attached hydrogen (secondary N) is 1. The lowest BCUT2D eigenvalue weighted by Crippen LogP contribution is -2.36. The van der Waals surface area contributed by atoms with Crippen LogP contribution in [-0.4, -0.2) is 15.1 Å². The maximum atomic E-state index is 4.35. The lowest BCUT2D eigenvalue weighted by Gasteiger charge is -2.33. The van der Waals surface area contributed by atoms with Crippen molar-refractivity contribution in [2.24, 2.45) is 5.41 Å². The van der Waals surface area contributed by atoms with Crippen molar-refractivity contribution in [1.82, 2.24) is 9.55 Å². The first kappa shape index (κ1) is 13.1. The fourth-order valence-electron chi connectivity index (χ4n) is 2.36. The van der Waals surface area contributed by atoms with Crippen molar-refractivity contribution in [1.29, 1.82) is 0 Å². The van der Waals surface area contributed by atoms with Crippen LogP contribution in [-0.2, 0) is 6.54 Å². The number of hydrogen-bond donors (Lipinski definition) is 1. The predicted octanol–water partition coefficient (Wildman–Crippen LogP) is 3.53. The maximum Gasteiger partial charge on any atom is 0.203 e. The number of rotatable bonds is 4. The summed E-state index contributed by atoms with van der Waals surface area (Å²) in [7, 11) is 0. The Morgan fingerprint density at radius 3 is 2.38 bits per heavy atom. The molecule has 0 saturated carbocycles. The molecule has 0 saturated heterocycles. The summed E-state index contributed by atoms with van der Waals surface area (Å²) >= 11 is 0. The minimum Gasteiger partial charge on any atom is -0.351 e. The molecule has 1 heterocycles. The van der Waals surface area contributed by atoms with Gasteiger partial charge in [-0.2, -0.15) is 0 Å². The van der Waals surface area contributed by atoms with E-state index in [4.69, 9.17) is 0 Å². The van der Waals surface area contributed by atoms with E-state index in [-0.39, 0.29) is 5.54 Å². The number of imidazole rings is 1. The third-order valence-electron chi connectivity index (χ3n) is 2.48. The molecule has 0 bridgehead atoms. The molecule has 1 rings (SSSR count). The van der Waals surface area contributed by atoms with Gasteiger partial charge >= 0.3 is 0 Å². The van der Waals surface area contributed by atoms with Crippen LogP contribution in [0, 0.1) is 5.41 Å². The Labute approximate surface area is 99.3 Å². The smallest absolute Gasteiger partial charge is 0.203 e. The number of nitrogens with zero attached hydrogens (tertiary/aromatic N) is 2. The van der Waals surface area contributed by atoms with Crippen molar-refractivity contribution in [3.8, 4) is 0 Å². The van der Waals surface area contributed by atoms with E-state index in [1.165, 1.54) is 0 Å². The zero-order valence-corrected chi connectivity index (χ0v) is 11.5. The zero-order chi connectivity index (χ0) is 12.4. The van der Waals surface area contributed by atoms with E-state index in [0.29, 0.717) is 5.41 Å². The first-order chi connectivity index (χ1) is 7.23. The molecule has 0 atom stereocenters. The van der Waals surface area contributed by atoms with Crippen LogP contribution in [0.1, 0.15) is 48.0 Å². The lowest BCUT2D eigenvalue weighted by atomic mass is 9.82. The normalized spacial score (nSPS) is 12.9. The first-order valence-corrected chi connectivity index (χ1v) is 6.03. The topological polar surface area (TPSA) is 29.9 Å². The summed E-state index contributed by atoms with van der Waals surface area (Å²) in [6.07, 6.45) is 4.96. The number of aryl methyl sites for hydroxylation is 1. The van der Waals surface area contributed by atoms with Crippen molar-refractivity contribution in [2.45, 2.75) is 60.0 Å². The summed E-state index contributed by atoms with van der Waals surface area (Å²) in [4.78, 5) is 4.35. The molecule has 0 amide bonds. The summed E-state index contributed by atoms with van der Waals surface area (Å²) in [5.41, 5.74) is 0.386. The maximum absolute atomic E-state index is 4.35. The second kappa shape index (κ2) is 4.48. The molecule has 0 aliphatic carbocycles. The largest absolute Gasteiger partial charge is 0.351 e. The number of hydrogen-bond acceptors (Lipinski definition) is 2. The van der Waals surface area contributed by atoms with Gasteiger partial charge in [-0.05, 0) is 32.6 Å². The molecule has 0 radical (unpaired) electrons. The first-order valence-electron chi connectivity index (χ1n) is 6.03. The van der Waals surface area contributed by atoms with E-state index in [9.17, 15) is 0 Å². The van der Waals surface area contributed by atoms with Crippen LogP contribution >= 0.6 is 0 Å². The molecule has 92 valence electrons. The Morgan fingerprint density at radius 1 is 1.25 bits per heavy atom. The van der Waals surface area contributed by atoms with Gasteiger partial charge in [0.25, 0.3) is 0 Å². The molecule has 0 spiro atoms. The van der Waals surface area contributed by atoms with E-state index in [0.717, 1.165) is 18.9 Å². The highest BCUT2D eigenvalue weighted by Gasteiger charge is 2.26. The van der Waals surface area contributed by atoms with Gasteiger partial charge in [-0.25, -0.2) is 4.98 Å². The van der Waals surface area contributed by atoms with Crippen LogP contribution in [0.3, 0.4) is 0 Å². The van der Waals surface area contributed by atoms with Crippen LogP contribution in [0.15, 0.2) is 12.4 Å². The van der Waals surface area contributed by atoms with Crippen LogP contribution in [0.2, 0.25) is 0 Å². The molecule has 0 aliphatic heterocycles. The SMILES string of the molecule is CCn1ccnc1NC(C)(C)CC(C)(C)C. The minimum absolute atomic E-state index is 0.0660. The van der Waals surface area contributed by atoms with Gasteiger partial charge in [0.1, 0.15) is 0 Å². The van der Waals surface area contributed by atoms with Crippen molar-refractivity contribution in [3.05, 3.63) is 12.4 Å². The second-order valence-electron chi connectivity index (χ2n) is 6.28. The van der Waals surface area contributed by atoms with Gasteiger partial charge < -0.3 is 9.88 Å². The lowest BCUT2D eigenvalue weighted by molar-refractivity contribution is 0.301. The van der Waals surface area contributed by atoms with Gasteiger partial charge in [-0.1, -0.05) is 20.8 Å². The standard InChI is InChI=1S/C13H25N3/c1-7-16-9-8-14-11(16)15-13(5,6)10-12(2,3)4/h8-9H,7,10H2,1-6H3,(H,14,15). The number of aromatic nitrogens is 2. The highest BCUT2D eigenvalue weighted by Crippen LogP contribution is 2.29. The van der Waals surface area contributed by atoms with Crippen molar-refractivity contribution < 1.29 is 0 Å². The average molecular weight is 223 g/mol. The molecule has 1 aromatic heterocycles. The molecule has 1 aromatic rings. The summed E-state index contributed by atoms with van der Waals surface area (Å²) in [5, 5.41) is 3.53. The van der Waals surface area contributed by atoms with Gasteiger partial charge in [0.15, 0.2) is 0 Å². The Hall–Kier alpha value is -0.990. The highest BCUT2D eigenvalue weighted by atomic mass is 15.2. The molecule has 0 unspecified atom stereocenters. The van der Waals surface area contributed by atoms with E-state index in [2.05, 4.69) is 56.4 Å². The summed E-state index contributed by atoms with van der Waals surface area (Å²) < 4.78 is 2.13. The van der Waals surface area contributed by atoms with Crippen LogP contribution < -0.4 is 5.32 Å². The van der Waals surface area contributed by atoms with Crippen LogP contribution in [0.4, 0.5) is 5.95 Å². The fraction of sp³-hybridized carbons (Fsp3) is 0.769. The Balaban J connectivity index is 2.72. The number of anilines is 1. The molecule has 1 N–H and O–H groups in total. The third kappa shape index (κ3) is 3.87. The average Bonchev–Trinajstić information content (AvgIpc) is 2.45. The van der Waals surface area contributed by atoms with E-state index in [1.54, 1.807) is 0 Å². The molecule has 0 fully saturated rings. The fourth-order valence-corrected chi connectivity index (χ4v) is 2.36. The van der Waals surface area contributed by atoms with Gasteiger partial charge in [0.05, 0.1) is 0 Å². The van der Waals surface area contributed by atoms with E-state index in [1.807, 2.05) is 12.4 Å². The molecule has 0 aromatic carbocycles. The van der Waals surface area contributed by atoms with Crippen molar-refractivity contribution in [3.63, 3.8) is 0 Å². The quantitative estimate of drug-likeness (QED) is 0.846. The Kier molecular flexibility index (Phi) is 3.66. The summed E-state index contributed by atoms with van der Waals surface area (Å²) in [5.74, 6) is 0.969. The predicted molar refractivity (Wildman–Crippen MR) is 69.7 cm³/mol. The van der Waals surface area contributed by atoms with Gasteiger partial charge in [-0.3, -0.25) is 0 Å². The van der Waals surface area contributed by atoms with Crippen LogP contribution in [0.5, 0.6) is 0 Å². The monoisotopic (exact) mass is 223 g/mol. The highest BCUT2D eigenvalue weighted by molar-refractivity contribution is 5.30. The van der Waals surface area contributed by atoms with E-state index < -0.39 is 0 Å². The molecule has 0 aliphatic rings. The van der Waals surface area contributed by atoms with Gasteiger partial charge in [0.2, 0.25) is 5.95 Å². The molecule has 3 nitrogen and oxygen atoms in total. The van der Waals surface area contributed by atoms with Crippen molar-refractivity contribution >= 4 is 5.95 Å². The zero-order valence-electron chi connectivity index (χ0n) is 11.5. The summed E-state index contributed by atoms with van der Waals surface area (Å²) in [6.45, 7) is 14.3. The molecule has 16 heavy (non-hydrogen) atoms. The van der Waals surface area contributed by atoms with E-state index >= 15 is 0 Å². The molecule has 3 heteroatoms. The molecular weight excluding hydrogens is 198 g/mol. The van der Waals surface area contributed by atoms with Crippen LogP contribution in [0.25, 0.3) is 0 Å². The Morgan fingerprint density at radius 2 is 1.88 bits per heavy atom. The van der Waals surface area contributed by atoms with Gasteiger partial charge in [-0.15, -0.1) is 0 Å². The second-order valence-corrected chi connectivity index (χ2v) is 6.28. The minimum atomic E-state index is 0.0660. The van der Waals surface area contributed by atoms with Gasteiger partial charge in [0, 0.05) is 24.5 Å².